The summed E-state index contributed by atoms with van der Waals surface area (Å²) in [6, 6.07) is 0. The van der Waals surface area contributed by atoms with Crippen molar-refractivity contribution in [2.45, 2.75) is 6.10 Å². The molecule has 0 aromatic heterocycles. The van der Waals surface area contributed by atoms with Crippen LogP contribution >= 0.6 is 0 Å². The Balaban J connectivity index is 0. The maximum Gasteiger partial charge on any atom is 0.342 e. The molecule has 0 radical (unpaired) electrons. The molecule has 0 saturated carbocycles. The van der Waals surface area contributed by atoms with Gasteiger partial charge in [0.15, 0.2) is 0 Å². The number of aliphatic hydroxyl groups excluding tert-OH is 1. The maximum absolute atomic E-state index is 7.83. The van der Waals surface area contributed by atoms with Crippen molar-refractivity contribution in [3.8, 4) is 0 Å². The van der Waals surface area contributed by atoms with Crippen LogP contribution in [-0.2, 0) is 0 Å². The number of aliphatic hydroxyl groups is 4. The van der Waals surface area contributed by atoms with Crippen LogP contribution in [0.3, 0.4) is 0 Å². The van der Waals surface area contributed by atoms with E-state index in [0.717, 1.165) is 7.11 Å². The second kappa shape index (κ2) is 4.95. The summed E-state index contributed by atoms with van der Waals surface area (Å²) in [5.74, 6) is 0. The summed E-state index contributed by atoms with van der Waals surface area (Å²) in [6.07, 6.45) is -2.71. The SMILES string of the molecule is CNC(O)(O)O.CO. The van der Waals surface area contributed by atoms with Crippen molar-refractivity contribution >= 4 is 0 Å². The predicted molar refractivity (Wildman–Crippen MR) is 26.6 cm³/mol. The maximum atomic E-state index is 7.83. The normalized spacial score (nSPS) is 9.75. The van der Waals surface area contributed by atoms with Crippen molar-refractivity contribution in [2.75, 3.05) is 14.2 Å². The van der Waals surface area contributed by atoms with Gasteiger partial charge in [-0.05, 0) is 7.05 Å². The summed E-state index contributed by atoms with van der Waals surface area (Å²) < 4.78 is 0. The fraction of sp³-hybridized carbons (Fsp3) is 1.00. The Labute approximate surface area is 47.2 Å². The van der Waals surface area contributed by atoms with Gasteiger partial charge in [-0.1, -0.05) is 0 Å². The third kappa shape index (κ3) is 17.0. The molecule has 0 amide bonds. The lowest BCUT2D eigenvalue weighted by Crippen LogP contribution is -2.41. The summed E-state index contributed by atoms with van der Waals surface area (Å²) in [5, 5.41) is 32.2. The largest absolute Gasteiger partial charge is 0.400 e. The third-order valence-electron chi connectivity index (χ3n) is 0.335. The molecule has 0 aliphatic carbocycles. The first-order chi connectivity index (χ1) is 3.56. The van der Waals surface area contributed by atoms with E-state index in [9.17, 15) is 0 Å². The smallest absolute Gasteiger partial charge is 0.342 e. The Morgan fingerprint density at radius 3 is 1.25 bits per heavy atom. The van der Waals surface area contributed by atoms with Crippen molar-refractivity contribution in [1.29, 1.82) is 0 Å². The van der Waals surface area contributed by atoms with Gasteiger partial charge in [0.1, 0.15) is 0 Å². The van der Waals surface area contributed by atoms with Gasteiger partial charge in [0.2, 0.25) is 0 Å². The quantitative estimate of drug-likeness (QED) is 0.248. The van der Waals surface area contributed by atoms with Crippen molar-refractivity contribution in [1.82, 2.24) is 5.32 Å². The fourth-order valence-corrected chi connectivity index (χ4v) is 0. The zero-order chi connectivity index (χ0) is 7.21. The van der Waals surface area contributed by atoms with Crippen LogP contribution < -0.4 is 5.32 Å². The molecule has 0 fully saturated rings. The monoisotopic (exact) mass is 125 g/mol. The Bertz CT molecular complexity index is 41.0. The highest BCUT2D eigenvalue weighted by Crippen LogP contribution is 1.77. The lowest BCUT2D eigenvalue weighted by Gasteiger charge is -2.09. The summed E-state index contributed by atoms with van der Waals surface area (Å²) >= 11 is 0. The molecule has 0 unspecified atom stereocenters. The van der Waals surface area contributed by atoms with Crippen LogP contribution in [0.4, 0.5) is 0 Å². The molecular weight excluding hydrogens is 114 g/mol. The van der Waals surface area contributed by atoms with Gasteiger partial charge in [-0.2, -0.15) is 0 Å². The number of hydrogen-bond donors (Lipinski definition) is 5. The first kappa shape index (κ1) is 10.7. The van der Waals surface area contributed by atoms with E-state index in [2.05, 4.69) is 0 Å². The Morgan fingerprint density at radius 2 is 1.25 bits per heavy atom. The highest BCUT2D eigenvalue weighted by Gasteiger charge is 2.11. The van der Waals surface area contributed by atoms with E-state index in [1.54, 1.807) is 5.32 Å². The third-order valence-corrected chi connectivity index (χ3v) is 0.335. The molecule has 8 heavy (non-hydrogen) atoms. The molecule has 0 heterocycles. The minimum absolute atomic E-state index is 1.00. The van der Waals surface area contributed by atoms with E-state index in [4.69, 9.17) is 20.4 Å². The lowest BCUT2D eigenvalue weighted by molar-refractivity contribution is -0.328. The van der Waals surface area contributed by atoms with Crippen molar-refractivity contribution in [2.24, 2.45) is 0 Å². The molecule has 5 heteroatoms. The summed E-state index contributed by atoms with van der Waals surface area (Å²) in [7, 11) is 2.21. The highest BCUT2D eigenvalue weighted by atomic mass is 16.7. The van der Waals surface area contributed by atoms with Crippen LogP contribution in [0, 0.1) is 0 Å². The molecule has 0 bridgehead atoms. The Morgan fingerprint density at radius 1 is 1.12 bits per heavy atom. The van der Waals surface area contributed by atoms with E-state index in [0.29, 0.717) is 0 Å². The zero-order valence-corrected chi connectivity index (χ0v) is 4.79. The van der Waals surface area contributed by atoms with Gasteiger partial charge in [-0.25, -0.2) is 5.32 Å². The van der Waals surface area contributed by atoms with Crippen molar-refractivity contribution in [3.63, 3.8) is 0 Å². The number of hydrogen-bond acceptors (Lipinski definition) is 5. The standard InChI is InChI=1S/C2H7NO3.CH4O/c1-3-2(4,5)6;1-2/h3-6H,1H3;2H,1H3. The average molecular weight is 125 g/mol. The van der Waals surface area contributed by atoms with Gasteiger partial charge in [-0.3, -0.25) is 0 Å². The topological polar surface area (TPSA) is 93.0 Å². The number of rotatable bonds is 1. The number of nitrogens with one attached hydrogen (secondary N) is 1. The van der Waals surface area contributed by atoms with Gasteiger partial charge < -0.3 is 20.4 Å². The summed E-state index contributed by atoms with van der Waals surface area (Å²) in [6.45, 7) is 0. The van der Waals surface area contributed by atoms with Crippen LogP contribution in [0.1, 0.15) is 0 Å². The van der Waals surface area contributed by atoms with Gasteiger partial charge in [-0.15, -0.1) is 0 Å². The van der Waals surface area contributed by atoms with Crippen molar-refractivity contribution in [3.05, 3.63) is 0 Å². The molecule has 0 atom stereocenters. The van der Waals surface area contributed by atoms with Crippen molar-refractivity contribution < 1.29 is 20.4 Å². The predicted octanol–water partition coefficient (Wildman–Crippen LogP) is -2.60. The average Bonchev–Trinajstić information content (AvgIpc) is 1.71. The van der Waals surface area contributed by atoms with Crippen LogP contribution in [0.25, 0.3) is 0 Å². The fourth-order valence-electron chi connectivity index (χ4n) is 0. The van der Waals surface area contributed by atoms with E-state index < -0.39 is 6.10 Å². The van der Waals surface area contributed by atoms with Gasteiger partial charge in [0.05, 0.1) is 0 Å². The van der Waals surface area contributed by atoms with E-state index in [1.807, 2.05) is 0 Å². The first-order valence-electron chi connectivity index (χ1n) is 1.87. The van der Waals surface area contributed by atoms with E-state index in [1.165, 1.54) is 7.05 Å². The summed E-state index contributed by atoms with van der Waals surface area (Å²) in [5.41, 5.74) is 0. The molecule has 0 aliphatic heterocycles. The van der Waals surface area contributed by atoms with Gasteiger partial charge >= 0.3 is 6.10 Å². The molecule has 5 nitrogen and oxygen atoms in total. The molecule has 52 valence electrons. The zero-order valence-electron chi connectivity index (χ0n) is 4.79. The van der Waals surface area contributed by atoms with Gasteiger partial charge in [0, 0.05) is 7.11 Å². The Hall–Kier alpha value is -0.200. The highest BCUT2D eigenvalue weighted by molar-refractivity contribution is 4.29. The van der Waals surface area contributed by atoms with Crippen LogP contribution in [-0.4, -0.2) is 40.7 Å². The Kier molecular flexibility index (Phi) is 6.63. The van der Waals surface area contributed by atoms with E-state index >= 15 is 0 Å². The van der Waals surface area contributed by atoms with Crippen LogP contribution in [0.15, 0.2) is 0 Å². The lowest BCUT2D eigenvalue weighted by atomic mass is 10.9. The molecule has 0 aromatic carbocycles. The minimum Gasteiger partial charge on any atom is -0.400 e. The molecule has 0 aromatic rings. The minimum atomic E-state index is -2.71. The molecule has 0 aliphatic rings. The van der Waals surface area contributed by atoms with Gasteiger partial charge in [0.25, 0.3) is 0 Å². The molecule has 0 spiro atoms. The van der Waals surface area contributed by atoms with Crippen LogP contribution in [0.2, 0.25) is 0 Å². The first-order valence-corrected chi connectivity index (χ1v) is 1.87. The molecular formula is C3H11NO4. The molecule has 0 rings (SSSR count). The summed E-state index contributed by atoms with van der Waals surface area (Å²) in [4.78, 5) is 0. The van der Waals surface area contributed by atoms with E-state index in [-0.39, 0.29) is 0 Å². The molecule has 0 saturated heterocycles. The second-order valence-electron chi connectivity index (χ2n) is 0.885. The van der Waals surface area contributed by atoms with Crippen LogP contribution in [0.5, 0.6) is 0 Å². The second-order valence-corrected chi connectivity index (χ2v) is 0.885. The molecule has 5 N–H and O–H groups in total.